The summed E-state index contributed by atoms with van der Waals surface area (Å²) in [6.07, 6.45) is 0.752. The van der Waals surface area contributed by atoms with E-state index in [4.69, 9.17) is 9.47 Å². The Morgan fingerprint density at radius 3 is 2.32 bits per heavy atom. The lowest BCUT2D eigenvalue weighted by atomic mass is 9.88. The maximum absolute atomic E-state index is 13.6. The van der Waals surface area contributed by atoms with E-state index in [9.17, 15) is 13.2 Å². The average Bonchev–Trinajstić information content (AvgIpc) is 2.83. The molecular formula is C29H32N2O5S. The molecule has 0 fully saturated rings. The molecule has 0 heterocycles. The van der Waals surface area contributed by atoms with Crippen LogP contribution in [0.1, 0.15) is 43.9 Å². The fourth-order valence-electron chi connectivity index (χ4n) is 4.38. The highest BCUT2D eigenvalue weighted by molar-refractivity contribution is 7.92. The van der Waals surface area contributed by atoms with Crippen molar-refractivity contribution in [2.45, 2.75) is 57.5 Å². The van der Waals surface area contributed by atoms with E-state index >= 15 is 0 Å². The molecule has 1 N–H and O–H groups in total. The lowest BCUT2D eigenvalue weighted by molar-refractivity contribution is 0.0603. The van der Waals surface area contributed by atoms with E-state index in [1.165, 1.54) is 0 Å². The Labute approximate surface area is 218 Å². The highest BCUT2D eigenvalue weighted by Crippen LogP contribution is 2.36. The Bertz CT molecular complexity index is 1450. The summed E-state index contributed by atoms with van der Waals surface area (Å²) >= 11 is 0. The van der Waals surface area contributed by atoms with Crippen LogP contribution in [-0.4, -0.2) is 32.9 Å². The molecule has 1 amide bonds. The second-order valence-corrected chi connectivity index (χ2v) is 11.7. The highest BCUT2D eigenvalue weighted by atomic mass is 32.2. The van der Waals surface area contributed by atoms with Crippen molar-refractivity contribution in [2.75, 3.05) is 11.8 Å². The topological polar surface area (TPSA) is 94.1 Å². The van der Waals surface area contributed by atoms with Crippen LogP contribution in [0.3, 0.4) is 0 Å². The quantitative estimate of drug-likeness (QED) is 0.424. The van der Waals surface area contributed by atoms with Crippen molar-refractivity contribution in [2.24, 2.45) is 4.99 Å². The van der Waals surface area contributed by atoms with Gasteiger partial charge in [0.2, 0.25) is 0 Å². The number of benzene rings is 3. The number of anilines is 1. The highest BCUT2D eigenvalue weighted by Gasteiger charge is 2.26. The molecule has 3 aromatic carbocycles. The first-order valence-corrected chi connectivity index (χ1v) is 13.6. The number of hydrogen-bond donors (Lipinski definition) is 1. The number of nitrogens with zero attached hydrogens (tertiary/aromatic N) is 1. The molecule has 0 aromatic heterocycles. The molecule has 3 aromatic rings. The van der Waals surface area contributed by atoms with Gasteiger partial charge in [-0.2, -0.15) is 4.99 Å². The number of aryl methyl sites for hydroxylation is 1. The lowest BCUT2D eigenvalue weighted by Gasteiger charge is -2.24. The van der Waals surface area contributed by atoms with Crippen molar-refractivity contribution in [1.82, 2.24) is 0 Å². The Morgan fingerprint density at radius 2 is 1.65 bits per heavy atom. The van der Waals surface area contributed by atoms with Crippen LogP contribution in [0.4, 0.5) is 10.5 Å². The molecule has 0 spiro atoms. The minimum atomic E-state index is -3.90. The van der Waals surface area contributed by atoms with Crippen molar-refractivity contribution in [3.05, 3.63) is 77.4 Å². The minimum Gasteiger partial charge on any atom is -0.496 e. The maximum atomic E-state index is 13.6. The van der Waals surface area contributed by atoms with Crippen molar-refractivity contribution >= 4 is 27.5 Å². The zero-order valence-electron chi connectivity index (χ0n) is 21.8. The lowest BCUT2D eigenvalue weighted by Crippen LogP contribution is -2.24. The molecule has 8 heteroatoms. The van der Waals surface area contributed by atoms with Crippen LogP contribution in [0.2, 0.25) is 0 Å². The number of aliphatic imine (C=N–C) groups is 1. The van der Waals surface area contributed by atoms with E-state index in [1.807, 2.05) is 43.3 Å². The molecule has 0 bridgehead atoms. The van der Waals surface area contributed by atoms with Crippen molar-refractivity contribution < 1.29 is 22.7 Å². The van der Waals surface area contributed by atoms with Crippen LogP contribution >= 0.6 is 0 Å². The monoisotopic (exact) mass is 520 g/mol. The smallest absolute Gasteiger partial charge is 0.434 e. The SMILES string of the molecule is COc1ccc(NS(=O)(=O)c2ccccc2-c2ccc(C)cc2)c2c1CC(=NC(=O)OC(C)(C)C)CC2. The van der Waals surface area contributed by atoms with E-state index in [1.54, 1.807) is 52.1 Å². The Balaban J connectivity index is 1.67. The van der Waals surface area contributed by atoms with Gasteiger partial charge in [-0.15, -0.1) is 0 Å². The number of carbonyl (C=O) groups excluding carboxylic acids is 1. The Morgan fingerprint density at radius 1 is 0.946 bits per heavy atom. The molecule has 194 valence electrons. The third-order valence-corrected chi connectivity index (χ3v) is 7.50. The van der Waals surface area contributed by atoms with Crippen LogP contribution in [0.15, 0.2) is 70.6 Å². The van der Waals surface area contributed by atoms with Crippen LogP contribution in [0.5, 0.6) is 5.75 Å². The molecule has 37 heavy (non-hydrogen) atoms. The summed E-state index contributed by atoms with van der Waals surface area (Å²) in [4.78, 5) is 16.6. The molecule has 0 aliphatic heterocycles. The third kappa shape index (κ3) is 6.20. The van der Waals surface area contributed by atoms with Gasteiger partial charge in [-0.1, -0.05) is 48.0 Å². The van der Waals surface area contributed by atoms with E-state index in [2.05, 4.69) is 9.71 Å². The summed E-state index contributed by atoms with van der Waals surface area (Å²) in [5, 5.41) is 0. The molecule has 0 saturated carbocycles. The van der Waals surface area contributed by atoms with Crippen LogP contribution in [-0.2, 0) is 27.6 Å². The first-order valence-electron chi connectivity index (χ1n) is 12.1. The Kier molecular flexibility index (Phi) is 7.41. The molecule has 1 aliphatic carbocycles. The summed E-state index contributed by atoms with van der Waals surface area (Å²) in [6.45, 7) is 7.36. The fraction of sp³-hybridized carbons (Fsp3) is 0.310. The third-order valence-electron chi connectivity index (χ3n) is 6.08. The molecule has 0 radical (unpaired) electrons. The number of methoxy groups -OCH3 is 1. The van der Waals surface area contributed by atoms with Gasteiger partial charge in [0.05, 0.1) is 17.7 Å². The zero-order valence-corrected chi connectivity index (χ0v) is 22.6. The molecule has 0 saturated heterocycles. The van der Waals surface area contributed by atoms with Crippen molar-refractivity contribution in [1.29, 1.82) is 0 Å². The maximum Gasteiger partial charge on any atom is 0.434 e. The summed E-state index contributed by atoms with van der Waals surface area (Å²) in [5.74, 6) is 0.620. The van der Waals surface area contributed by atoms with E-state index in [0.717, 1.165) is 22.3 Å². The van der Waals surface area contributed by atoms with Crippen LogP contribution in [0, 0.1) is 6.92 Å². The molecule has 7 nitrogen and oxygen atoms in total. The summed E-state index contributed by atoms with van der Waals surface area (Å²) < 4.78 is 40.9. The van der Waals surface area contributed by atoms with Gasteiger partial charge in [0.25, 0.3) is 10.0 Å². The normalized spacial score (nSPS) is 14.7. The first-order chi connectivity index (χ1) is 17.5. The number of hydrogen-bond acceptors (Lipinski definition) is 5. The number of ether oxygens (including phenoxy) is 2. The summed E-state index contributed by atoms with van der Waals surface area (Å²) in [7, 11) is -2.34. The number of carbonyl (C=O) groups is 1. The second kappa shape index (κ2) is 10.4. The van der Waals surface area contributed by atoms with Gasteiger partial charge in [0, 0.05) is 23.3 Å². The number of rotatable bonds is 5. The van der Waals surface area contributed by atoms with Gasteiger partial charge >= 0.3 is 6.09 Å². The number of amides is 1. The van der Waals surface area contributed by atoms with E-state index in [0.29, 0.717) is 42.0 Å². The van der Waals surface area contributed by atoms with Gasteiger partial charge in [-0.3, -0.25) is 4.72 Å². The number of sulfonamides is 1. The predicted molar refractivity (Wildman–Crippen MR) is 146 cm³/mol. The van der Waals surface area contributed by atoms with Crippen molar-refractivity contribution in [3.8, 4) is 16.9 Å². The fourth-order valence-corrected chi connectivity index (χ4v) is 5.70. The molecular weight excluding hydrogens is 488 g/mol. The van der Waals surface area contributed by atoms with E-state index in [-0.39, 0.29) is 4.90 Å². The molecule has 1 aliphatic rings. The van der Waals surface area contributed by atoms with Crippen molar-refractivity contribution in [3.63, 3.8) is 0 Å². The molecule has 4 rings (SSSR count). The average molecular weight is 521 g/mol. The predicted octanol–water partition coefficient (Wildman–Crippen LogP) is 6.34. The summed E-state index contributed by atoms with van der Waals surface area (Å²) in [6, 6.07) is 18.2. The molecule has 0 unspecified atom stereocenters. The number of nitrogens with one attached hydrogen (secondary N) is 1. The molecule has 0 atom stereocenters. The van der Waals surface area contributed by atoms with Gasteiger partial charge in [-0.25, -0.2) is 13.2 Å². The first kappa shape index (κ1) is 26.4. The minimum absolute atomic E-state index is 0.200. The zero-order chi connectivity index (χ0) is 26.8. The van der Waals surface area contributed by atoms with Gasteiger partial charge in [0.1, 0.15) is 11.4 Å². The van der Waals surface area contributed by atoms with Gasteiger partial charge < -0.3 is 9.47 Å². The van der Waals surface area contributed by atoms with Gasteiger partial charge in [-0.05, 0) is 69.9 Å². The second-order valence-electron chi connectivity index (χ2n) is 10.1. The number of fused-ring (bicyclic) bond motifs is 1. The standard InChI is InChI=1S/C29H32N2O5S/c1-19-10-12-20(13-11-19)22-8-6-7-9-27(22)37(33,34)31-25-16-17-26(35-5)24-18-21(14-15-23(24)25)30-28(32)36-29(2,3)4/h6-13,16-17,31H,14-15,18H2,1-5H3. The summed E-state index contributed by atoms with van der Waals surface area (Å²) in [5.41, 5.74) is 4.72. The van der Waals surface area contributed by atoms with E-state index < -0.39 is 21.7 Å². The Hall–Kier alpha value is -3.65. The largest absolute Gasteiger partial charge is 0.496 e. The van der Waals surface area contributed by atoms with Gasteiger partial charge in [0.15, 0.2) is 0 Å². The van der Waals surface area contributed by atoms with Crippen LogP contribution < -0.4 is 9.46 Å². The van der Waals surface area contributed by atoms with Crippen LogP contribution in [0.25, 0.3) is 11.1 Å².